The molecule has 2 amide bonds. The second-order valence-electron chi connectivity index (χ2n) is 7.34. The summed E-state index contributed by atoms with van der Waals surface area (Å²) < 4.78 is 4.53. The number of rotatable bonds is 6. The van der Waals surface area contributed by atoms with Gasteiger partial charge in [0.2, 0.25) is 0 Å². The maximum Gasteiger partial charge on any atom is 0.327 e. The number of nitrogens with one attached hydrogen (secondary N) is 2. The van der Waals surface area contributed by atoms with Crippen molar-refractivity contribution in [1.82, 2.24) is 5.32 Å². The van der Waals surface area contributed by atoms with Crippen LogP contribution < -0.4 is 10.6 Å². The van der Waals surface area contributed by atoms with E-state index < -0.39 is 12.0 Å². The summed E-state index contributed by atoms with van der Waals surface area (Å²) in [7, 11) is 1.31. The van der Waals surface area contributed by atoms with Crippen LogP contribution in [0.2, 0.25) is 0 Å². The fourth-order valence-electron chi connectivity index (χ4n) is 3.48. The zero-order valence-corrected chi connectivity index (χ0v) is 18.0. The topological polar surface area (TPSA) is 109 Å². The van der Waals surface area contributed by atoms with Crippen molar-refractivity contribution >= 4 is 46.6 Å². The van der Waals surface area contributed by atoms with Gasteiger partial charge in [0, 0.05) is 17.7 Å². The second kappa shape index (κ2) is 10.4. The van der Waals surface area contributed by atoms with E-state index in [-0.39, 0.29) is 23.5 Å². The first-order valence-corrected chi connectivity index (χ1v) is 10.8. The Morgan fingerprint density at radius 2 is 2.03 bits per heavy atom. The van der Waals surface area contributed by atoms with Crippen LogP contribution in [0.3, 0.4) is 0 Å². The van der Waals surface area contributed by atoms with Gasteiger partial charge in [-0.3, -0.25) is 24.9 Å². The lowest BCUT2D eigenvalue weighted by Gasteiger charge is -2.15. The Hall–Kier alpha value is -2.68. The summed E-state index contributed by atoms with van der Waals surface area (Å²) in [6, 6.07) is 5.03. The van der Waals surface area contributed by atoms with Crippen molar-refractivity contribution in [2.24, 2.45) is 15.9 Å². The number of urea groups is 1. The lowest BCUT2D eigenvalue weighted by atomic mass is 9.94. The molecule has 0 radical (unpaired) electrons. The number of ether oxygens (including phenoxy) is 1. The molecule has 1 aliphatic heterocycles. The van der Waals surface area contributed by atoms with Gasteiger partial charge in [-0.15, -0.1) is 0 Å². The van der Waals surface area contributed by atoms with Crippen LogP contribution in [0.4, 0.5) is 10.5 Å². The van der Waals surface area contributed by atoms with Crippen LogP contribution in [-0.4, -0.2) is 54.6 Å². The SMILES string of the molecule is COC(=O)CN=CC1CN=C(NC(=O)Nc2ccc(C)cc2C(=O)C2CCCC2)S1. The van der Waals surface area contributed by atoms with Gasteiger partial charge in [0.25, 0.3) is 0 Å². The monoisotopic (exact) mass is 430 g/mol. The molecule has 9 heteroatoms. The van der Waals surface area contributed by atoms with Crippen molar-refractivity contribution in [2.45, 2.75) is 37.9 Å². The Morgan fingerprint density at radius 3 is 2.77 bits per heavy atom. The summed E-state index contributed by atoms with van der Waals surface area (Å²) in [5.41, 5.74) is 2.05. The highest BCUT2D eigenvalue weighted by molar-refractivity contribution is 8.15. The van der Waals surface area contributed by atoms with E-state index in [1.54, 1.807) is 12.3 Å². The third-order valence-electron chi connectivity index (χ3n) is 5.03. The number of ketones is 1. The van der Waals surface area contributed by atoms with Gasteiger partial charge in [-0.05, 0) is 31.9 Å². The number of aryl methyl sites for hydroxylation is 1. The first kappa shape index (κ1) is 22.0. The van der Waals surface area contributed by atoms with Crippen LogP contribution in [0.5, 0.6) is 0 Å². The highest BCUT2D eigenvalue weighted by Crippen LogP contribution is 2.31. The van der Waals surface area contributed by atoms with Gasteiger partial charge in [-0.1, -0.05) is 36.2 Å². The second-order valence-corrected chi connectivity index (χ2v) is 8.57. The molecule has 1 heterocycles. The van der Waals surface area contributed by atoms with Crippen LogP contribution in [0, 0.1) is 12.8 Å². The van der Waals surface area contributed by atoms with E-state index in [9.17, 15) is 14.4 Å². The van der Waals surface area contributed by atoms with E-state index in [4.69, 9.17) is 0 Å². The zero-order chi connectivity index (χ0) is 21.5. The molecule has 30 heavy (non-hydrogen) atoms. The van der Waals surface area contributed by atoms with Gasteiger partial charge in [-0.2, -0.15) is 0 Å². The van der Waals surface area contributed by atoms with E-state index in [1.165, 1.54) is 18.9 Å². The van der Waals surface area contributed by atoms with E-state index in [0.717, 1.165) is 31.2 Å². The molecule has 2 aliphatic rings. The van der Waals surface area contributed by atoms with Gasteiger partial charge < -0.3 is 10.1 Å². The van der Waals surface area contributed by atoms with Crippen molar-refractivity contribution in [2.75, 3.05) is 25.5 Å². The number of Topliss-reactive ketones (excluding diaryl/α,β-unsaturated/α-hetero) is 1. The van der Waals surface area contributed by atoms with Crippen molar-refractivity contribution in [3.05, 3.63) is 29.3 Å². The fraction of sp³-hybridized carbons (Fsp3) is 0.476. The molecule has 1 aromatic rings. The van der Waals surface area contributed by atoms with Crippen LogP contribution in [0.15, 0.2) is 28.2 Å². The van der Waals surface area contributed by atoms with Crippen molar-refractivity contribution < 1.29 is 19.1 Å². The van der Waals surface area contributed by atoms with Crippen LogP contribution in [0.25, 0.3) is 0 Å². The number of nitrogens with zero attached hydrogens (tertiary/aromatic N) is 2. The maximum absolute atomic E-state index is 12.9. The minimum Gasteiger partial charge on any atom is -0.468 e. The molecule has 2 N–H and O–H groups in total. The fourth-order valence-corrected chi connectivity index (χ4v) is 4.36. The third kappa shape index (κ3) is 5.91. The number of aliphatic imine (C=N–C) groups is 2. The molecule has 1 fully saturated rings. The Bertz CT molecular complexity index is 878. The Kier molecular flexibility index (Phi) is 7.62. The van der Waals surface area contributed by atoms with E-state index in [2.05, 4.69) is 25.4 Å². The van der Waals surface area contributed by atoms with Crippen molar-refractivity contribution in [1.29, 1.82) is 0 Å². The molecule has 1 saturated carbocycles. The van der Waals surface area contributed by atoms with Gasteiger partial charge in [0.05, 0.1) is 24.6 Å². The number of methoxy groups -OCH3 is 1. The predicted molar refractivity (Wildman–Crippen MR) is 119 cm³/mol. The summed E-state index contributed by atoms with van der Waals surface area (Å²) in [6.07, 6.45) is 5.60. The minimum absolute atomic E-state index is 0.0372. The number of amides is 2. The number of carbonyl (C=O) groups excluding carboxylic acids is 3. The van der Waals surface area contributed by atoms with E-state index >= 15 is 0 Å². The van der Waals surface area contributed by atoms with Gasteiger partial charge >= 0.3 is 12.0 Å². The molecule has 3 rings (SSSR count). The summed E-state index contributed by atoms with van der Waals surface area (Å²) in [4.78, 5) is 44.8. The van der Waals surface area contributed by atoms with Gasteiger partial charge in [0.1, 0.15) is 6.54 Å². The smallest absolute Gasteiger partial charge is 0.327 e. The Balaban J connectivity index is 1.56. The molecule has 1 atom stereocenters. The average Bonchev–Trinajstić information content (AvgIpc) is 3.41. The van der Waals surface area contributed by atoms with E-state index in [0.29, 0.717) is 23.0 Å². The first-order valence-electron chi connectivity index (χ1n) is 9.97. The summed E-state index contributed by atoms with van der Waals surface area (Å²) in [6.45, 7) is 2.35. The normalized spacial score (nSPS) is 19.0. The molecule has 0 bridgehead atoms. The molecule has 160 valence electrons. The standard InChI is InChI=1S/C21H26N4O4S/c1-13-7-8-17(16(9-13)19(27)14-5-3-4-6-14)24-20(28)25-21-23-11-15(30-21)10-22-12-18(26)29-2/h7-10,14-15H,3-6,11-12H2,1-2H3,(H2,23,24,25,28). The number of carbonyl (C=O) groups is 3. The highest BCUT2D eigenvalue weighted by Gasteiger charge is 2.26. The first-order chi connectivity index (χ1) is 14.5. The summed E-state index contributed by atoms with van der Waals surface area (Å²) >= 11 is 1.35. The molecule has 1 aromatic carbocycles. The molecule has 0 saturated heterocycles. The number of hydrogen-bond donors (Lipinski definition) is 2. The van der Waals surface area contributed by atoms with Crippen LogP contribution >= 0.6 is 11.8 Å². The number of thioether (sulfide) groups is 1. The number of benzene rings is 1. The lowest BCUT2D eigenvalue weighted by molar-refractivity contribution is -0.138. The quantitative estimate of drug-likeness (QED) is 0.409. The van der Waals surface area contributed by atoms with Crippen LogP contribution in [-0.2, 0) is 9.53 Å². The summed E-state index contributed by atoms with van der Waals surface area (Å²) in [5, 5.41) is 5.92. The van der Waals surface area contributed by atoms with Gasteiger partial charge in [-0.25, -0.2) is 4.79 Å². The average molecular weight is 431 g/mol. The molecular formula is C21H26N4O4S. The largest absolute Gasteiger partial charge is 0.468 e. The molecule has 1 aliphatic carbocycles. The number of hydrogen-bond acceptors (Lipinski definition) is 7. The number of esters is 1. The Labute approximate surface area is 180 Å². The van der Waals surface area contributed by atoms with Crippen molar-refractivity contribution in [3.63, 3.8) is 0 Å². The predicted octanol–water partition coefficient (Wildman–Crippen LogP) is 3.20. The number of amidine groups is 1. The molecule has 0 aromatic heterocycles. The van der Waals surface area contributed by atoms with E-state index in [1.807, 2.05) is 19.1 Å². The Morgan fingerprint density at radius 1 is 1.27 bits per heavy atom. The maximum atomic E-state index is 12.9. The zero-order valence-electron chi connectivity index (χ0n) is 17.1. The number of anilines is 1. The molecule has 0 spiro atoms. The highest BCUT2D eigenvalue weighted by atomic mass is 32.2. The molecule has 8 nitrogen and oxygen atoms in total. The van der Waals surface area contributed by atoms with Crippen LogP contribution in [0.1, 0.15) is 41.6 Å². The van der Waals surface area contributed by atoms with Gasteiger partial charge in [0.15, 0.2) is 11.0 Å². The lowest BCUT2D eigenvalue weighted by Crippen LogP contribution is -2.33. The summed E-state index contributed by atoms with van der Waals surface area (Å²) in [5.74, 6) is -0.273. The third-order valence-corrected chi connectivity index (χ3v) is 6.06. The molecule has 1 unspecified atom stereocenters. The van der Waals surface area contributed by atoms with Crippen molar-refractivity contribution in [3.8, 4) is 0 Å². The molecular weight excluding hydrogens is 404 g/mol. The minimum atomic E-state index is -0.447.